The molecule has 0 bridgehead atoms. The molecule has 0 fully saturated rings. The van der Waals surface area contributed by atoms with E-state index in [0.29, 0.717) is 17.3 Å². The lowest BCUT2D eigenvalue weighted by molar-refractivity contribution is 0.612. The molecule has 3 N–H and O–H groups in total. The van der Waals surface area contributed by atoms with Gasteiger partial charge in [-0.15, -0.1) is 0 Å². The number of fused-ring (bicyclic) bond motifs is 1. The highest BCUT2D eigenvalue weighted by Crippen LogP contribution is 2.11. The maximum atomic E-state index is 13.5. The zero-order valence-electron chi connectivity index (χ0n) is 9.79. The SMILES string of the molecule is Nc1nc(NCc2ccccc2F)n2ncnc2n1. The predicted molar refractivity (Wildman–Crippen MR) is 66.7 cm³/mol. The van der Waals surface area contributed by atoms with Gasteiger partial charge in [0.25, 0.3) is 5.78 Å². The van der Waals surface area contributed by atoms with Crippen LogP contribution in [0.1, 0.15) is 5.56 Å². The standard InChI is InChI=1S/C11H10FN7/c12-8-4-2-1-3-7(8)5-14-10-17-9(13)18-11-15-6-16-19(10)11/h1-4,6H,5H2,(H3,13,14,15,16,17,18). The summed E-state index contributed by atoms with van der Waals surface area (Å²) in [5.74, 6) is 0.496. The summed E-state index contributed by atoms with van der Waals surface area (Å²) in [6.07, 6.45) is 1.34. The number of nitrogens with one attached hydrogen (secondary N) is 1. The van der Waals surface area contributed by atoms with E-state index < -0.39 is 0 Å². The number of hydrogen-bond acceptors (Lipinski definition) is 6. The fourth-order valence-electron chi connectivity index (χ4n) is 1.67. The summed E-state index contributed by atoms with van der Waals surface area (Å²) >= 11 is 0. The van der Waals surface area contributed by atoms with Crippen molar-refractivity contribution >= 4 is 17.7 Å². The molecular weight excluding hydrogens is 249 g/mol. The predicted octanol–water partition coefficient (Wildman–Crippen LogP) is 0.853. The molecule has 0 amide bonds. The lowest BCUT2D eigenvalue weighted by atomic mass is 10.2. The van der Waals surface area contributed by atoms with Crippen LogP contribution in [0.5, 0.6) is 0 Å². The summed E-state index contributed by atoms with van der Waals surface area (Å²) in [6, 6.07) is 6.48. The number of rotatable bonds is 3. The first-order valence-corrected chi connectivity index (χ1v) is 5.54. The Labute approximate surface area is 107 Å². The minimum absolute atomic E-state index is 0.0801. The Morgan fingerprint density at radius 2 is 2.11 bits per heavy atom. The topological polar surface area (TPSA) is 94.0 Å². The fourth-order valence-corrected chi connectivity index (χ4v) is 1.67. The van der Waals surface area contributed by atoms with Gasteiger partial charge in [0.2, 0.25) is 11.9 Å². The zero-order valence-corrected chi connectivity index (χ0v) is 9.79. The number of nitrogens with zero attached hydrogens (tertiary/aromatic N) is 5. The molecule has 3 aromatic rings. The summed E-state index contributed by atoms with van der Waals surface area (Å²) < 4.78 is 14.9. The fraction of sp³-hybridized carbons (Fsp3) is 0.0909. The first-order chi connectivity index (χ1) is 9.24. The van der Waals surface area contributed by atoms with Gasteiger partial charge in [-0.3, -0.25) is 0 Å². The smallest absolute Gasteiger partial charge is 0.258 e. The number of anilines is 2. The van der Waals surface area contributed by atoms with Crippen molar-refractivity contribution in [2.75, 3.05) is 11.1 Å². The summed E-state index contributed by atoms with van der Waals surface area (Å²) in [7, 11) is 0. The van der Waals surface area contributed by atoms with E-state index in [2.05, 4.69) is 25.4 Å². The van der Waals surface area contributed by atoms with Crippen LogP contribution in [-0.4, -0.2) is 24.6 Å². The maximum absolute atomic E-state index is 13.5. The number of nitrogen functional groups attached to an aromatic ring is 1. The Bertz CT molecular complexity index is 724. The van der Waals surface area contributed by atoms with Crippen LogP contribution in [0, 0.1) is 5.82 Å². The van der Waals surface area contributed by atoms with Crippen molar-refractivity contribution in [3.8, 4) is 0 Å². The van der Waals surface area contributed by atoms with Crippen LogP contribution in [0.15, 0.2) is 30.6 Å². The molecule has 0 saturated carbocycles. The number of halogens is 1. The van der Waals surface area contributed by atoms with Crippen LogP contribution >= 0.6 is 0 Å². The van der Waals surface area contributed by atoms with Crippen LogP contribution < -0.4 is 11.1 Å². The molecular formula is C11H10FN7. The molecule has 0 atom stereocenters. The highest BCUT2D eigenvalue weighted by atomic mass is 19.1. The van der Waals surface area contributed by atoms with Gasteiger partial charge in [0.1, 0.15) is 12.1 Å². The van der Waals surface area contributed by atoms with Gasteiger partial charge in [0.05, 0.1) is 0 Å². The Balaban J connectivity index is 1.90. The molecule has 0 spiro atoms. The average Bonchev–Trinajstić information content (AvgIpc) is 2.85. The molecule has 1 aromatic carbocycles. The van der Waals surface area contributed by atoms with E-state index in [1.165, 1.54) is 16.9 Å². The van der Waals surface area contributed by atoms with Crippen molar-refractivity contribution in [3.63, 3.8) is 0 Å². The highest BCUT2D eigenvalue weighted by molar-refractivity contribution is 5.42. The summed E-state index contributed by atoms with van der Waals surface area (Å²) in [5, 5.41) is 6.92. The number of nitrogens with two attached hydrogens (primary N) is 1. The Hall–Kier alpha value is -2.77. The van der Waals surface area contributed by atoms with Crippen molar-refractivity contribution in [1.29, 1.82) is 0 Å². The third-order valence-electron chi connectivity index (χ3n) is 2.56. The minimum Gasteiger partial charge on any atom is -0.368 e. The van der Waals surface area contributed by atoms with Gasteiger partial charge in [-0.25, -0.2) is 4.39 Å². The second-order valence-electron chi connectivity index (χ2n) is 3.82. The number of hydrogen-bond donors (Lipinski definition) is 2. The van der Waals surface area contributed by atoms with Gasteiger partial charge in [0.15, 0.2) is 0 Å². The third-order valence-corrected chi connectivity index (χ3v) is 2.56. The molecule has 0 saturated heterocycles. The molecule has 0 radical (unpaired) electrons. The van der Waals surface area contributed by atoms with Gasteiger partial charge in [-0.05, 0) is 6.07 Å². The minimum atomic E-state index is -0.285. The molecule has 2 aromatic heterocycles. The molecule has 7 nitrogen and oxygen atoms in total. The molecule has 0 unspecified atom stereocenters. The molecule has 3 rings (SSSR count). The quantitative estimate of drug-likeness (QED) is 0.724. The molecule has 2 heterocycles. The second kappa shape index (κ2) is 4.48. The van der Waals surface area contributed by atoms with E-state index in [9.17, 15) is 4.39 Å². The summed E-state index contributed by atoms with van der Waals surface area (Å²) in [6.45, 7) is 0.262. The Morgan fingerprint density at radius 3 is 2.95 bits per heavy atom. The van der Waals surface area contributed by atoms with E-state index in [-0.39, 0.29) is 18.3 Å². The van der Waals surface area contributed by atoms with Crippen LogP contribution in [-0.2, 0) is 6.54 Å². The van der Waals surface area contributed by atoms with Crippen molar-refractivity contribution in [2.45, 2.75) is 6.54 Å². The lowest BCUT2D eigenvalue weighted by Gasteiger charge is -2.07. The number of benzene rings is 1. The van der Waals surface area contributed by atoms with E-state index >= 15 is 0 Å². The van der Waals surface area contributed by atoms with Gasteiger partial charge >= 0.3 is 0 Å². The first-order valence-electron chi connectivity index (χ1n) is 5.54. The maximum Gasteiger partial charge on any atom is 0.258 e. The normalized spacial score (nSPS) is 10.8. The van der Waals surface area contributed by atoms with Crippen LogP contribution in [0.25, 0.3) is 5.78 Å². The van der Waals surface area contributed by atoms with Gasteiger partial charge < -0.3 is 11.1 Å². The van der Waals surface area contributed by atoms with Crippen molar-refractivity contribution in [1.82, 2.24) is 24.6 Å². The Kier molecular flexibility index (Phi) is 2.67. The van der Waals surface area contributed by atoms with E-state index in [1.54, 1.807) is 18.2 Å². The molecule has 0 aliphatic rings. The molecule has 8 heteroatoms. The molecule has 19 heavy (non-hydrogen) atoms. The summed E-state index contributed by atoms with van der Waals surface area (Å²) in [4.78, 5) is 11.8. The zero-order chi connectivity index (χ0) is 13.2. The van der Waals surface area contributed by atoms with Crippen LogP contribution in [0.3, 0.4) is 0 Å². The van der Waals surface area contributed by atoms with E-state index in [4.69, 9.17) is 5.73 Å². The largest absolute Gasteiger partial charge is 0.368 e. The second-order valence-corrected chi connectivity index (χ2v) is 3.82. The van der Waals surface area contributed by atoms with E-state index in [1.807, 2.05) is 0 Å². The molecule has 0 aliphatic heterocycles. The van der Waals surface area contributed by atoms with Crippen molar-refractivity contribution in [3.05, 3.63) is 42.0 Å². The van der Waals surface area contributed by atoms with Crippen molar-refractivity contribution in [2.24, 2.45) is 0 Å². The monoisotopic (exact) mass is 259 g/mol. The molecule has 96 valence electrons. The van der Waals surface area contributed by atoms with Crippen molar-refractivity contribution < 1.29 is 4.39 Å². The Morgan fingerprint density at radius 1 is 1.26 bits per heavy atom. The van der Waals surface area contributed by atoms with Crippen LogP contribution in [0.4, 0.5) is 16.3 Å². The first kappa shape index (κ1) is 11.3. The molecule has 0 aliphatic carbocycles. The lowest BCUT2D eigenvalue weighted by Crippen LogP contribution is -2.11. The number of aromatic nitrogens is 5. The summed E-state index contributed by atoms with van der Waals surface area (Å²) in [5.41, 5.74) is 6.09. The van der Waals surface area contributed by atoms with Crippen LogP contribution in [0.2, 0.25) is 0 Å². The average molecular weight is 259 g/mol. The third kappa shape index (κ3) is 2.15. The van der Waals surface area contributed by atoms with Gasteiger partial charge in [0, 0.05) is 12.1 Å². The van der Waals surface area contributed by atoms with Gasteiger partial charge in [-0.2, -0.15) is 24.6 Å². The highest BCUT2D eigenvalue weighted by Gasteiger charge is 2.08. The van der Waals surface area contributed by atoms with Gasteiger partial charge in [-0.1, -0.05) is 18.2 Å². The van der Waals surface area contributed by atoms with E-state index in [0.717, 1.165) is 0 Å².